The largest absolute Gasteiger partial charge is 0.497 e. The molecule has 0 aliphatic rings. The molecule has 3 aromatic carbocycles. The zero-order chi connectivity index (χ0) is 25.1. The summed E-state index contributed by atoms with van der Waals surface area (Å²) in [6, 6.07) is 22.9. The zero-order valence-electron chi connectivity index (χ0n) is 19.9. The number of rotatable bonds is 6. The Morgan fingerprint density at radius 2 is 1.81 bits per heavy atom. The van der Waals surface area contributed by atoms with Crippen molar-refractivity contribution in [1.82, 2.24) is 25.6 Å². The third-order valence-electron chi connectivity index (χ3n) is 5.94. The standard InChI is InChI=1S/C28H25N5O3/c1-18-10-12-21(13-11-18)33-17-24(27(32-33)19-6-5-7-22(14-19)36-2)28(35)31-30-26(34)15-20-16-29-25-9-4-3-8-23(20)25/h3-14,16-17,29H,15H2,1-2H3,(H,30,34)(H,31,35). The molecule has 2 aromatic heterocycles. The molecule has 3 N–H and O–H groups in total. The van der Waals surface area contributed by atoms with Crippen LogP contribution in [0.25, 0.3) is 27.8 Å². The number of amides is 2. The third-order valence-corrected chi connectivity index (χ3v) is 5.94. The van der Waals surface area contributed by atoms with Crippen LogP contribution >= 0.6 is 0 Å². The first-order valence-electron chi connectivity index (χ1n) is 11.5. The Balaban J connectivity index is 1.38. The van der Waals surface area contributed by atoms with Crippen molar-refractivity contribution in [3.63, 3.8) is 0 Å². The lowest BCUT2D eigenvalue weighted by Gasteiger charge is -2.08. The molecule has 36 heavy (non-hydrogen) atoms. The molecule has 5 rings (SSSR count). The molecular weight excluding hydrogens is 454 g/mol. The van der Waals surface area contributed by atoms with E-state index >= 15 is 0 Å². The molecule has 0 saturated heterocycles. The summed E-state index contributed by atoms with van der Waals surface area (Å²) in [5.41, 5.74) is 10.3. The van der Waals surface area contributed by atoms with Crippen LogP contribution in [0.5, 0.6) is 5.75 Å². The summed E-state index contributed by atoms with van der Waals surface area (Å²) in [6.07, 6.45) is 3.58. The number of nitrogens with one attached hydrogen (secondary N) is 3. The van der Waals surface area contributed by atoms with Crippen molar-refractivity contribution in [2.24, 2.45) is 0 Å². The molecule has 8 nitrogen and oxygen atoms in total. The van der Waals surface area contributed by atoms with Crippen LogP contribution in [0, 0.1) is 6.92 Å². The molecule has 0 aliphatic heterocycles. The van der Waals surface area contributed by atoms with Crippen LogP contribution in [0.2, 0.25) is 0 Å². The Kier molecular flexibility index (Phi) is 6.23. The third kappa shape index (κ3) is 4.69. The first-order chi connectivity index (χ1) is 17.5. The van der Waals surface area contributed by atoms with Gasteiger partial charge < -0.3 is 9.72 Å². The van der Waals surface area contributed by atoms with Gasteiger partial charge in [0.05, 0.1) is 24.8 Å². The first kappa shape index (κ1) is 22.9. The number of hydrogen-bond acceptors (Lipinski definition) is 4. The van der Waals surface area contributed by atoms with Gasteiger partial charge in [-0.15, -0.1) is 0 Å². The van der Waals surface area contributed by atoms with Crippen molar-refractivity contribution in [3.8, 4) is 22.7 Å². The van der Waals surface area contributed by atoms with E-state index < -0.39 is 5.91 Å². The highest BCUT2D eigenvalue weighted by atomic mass is 16.5. The van der Waals surface area contributed by atoms with Crippen LogP contribution in [-0.4, -0.2) is 33.7 Å². The summed E-state index contributed by atoms with van der Waals surface area (Å²) >= 11 is 0. The zero-order valence-corrected chi connectivity index (χ0v) is 19.9. The van der Waals surface area contributed by atoms with Gasteiger partial charge in [0.15, 0.2) is 0 Å². The van der Waals surface area contributed by atoms with Gasteiger partial charge in [-0.25, -0.2) is 4.68 Å². The van der Waals surface area contributed by atoms with Gasteiger partial charge in [0, 0.05) is 28.9 Å². The smallest absolute Gasteiger partial charge is 0.273 e. The molecule has 5 aromatic rings. The van der Waals surface area contributed by atoms with Gasteiger partial charge in [-0.3, -0.25) is 20.4 Å². The van der Waals surface area contributed by atoms with Crippen molar-refractivity contribution in [2.75, 3.05) is 7.11 Å². The van der Waals surface area contributed by atoms with Crippen LogP contribution < -0.4 is 15.6 Å². The number of para-hydroxylation sites is 1. The lowest BCUT2D eigenvalue weighted by atomic mass is 10.1. The molecular formula is C28H25N5O3. The van der Waals surface area contributed by atoms with E-state index in [1.165, 1.54) is 0 Å². The van der Waals surface area contributed by atoms with Crippen LogP contribution in [0.15, 0.2) is 85.2 Å². The van der Waals surface area contributed by atoms with Crippen molar-refractivity contribution in [1.29, 1.82) is 0 Å². The SMILES string of the molecule is COc1cccc(-c2nn(-c3ccc(C)cc3)cc2C(=O)NNC(=O)Cc2c[nH]c3ccccc23)c1. The Labute approximate surface area is 207 Å². The lowest BCUT2D eigenvalue weighted by Crippen LogP contribution is -2.42. The number of methoxy groups -OCH3 is 1. The Bertz CT molecular complexity index is 1550. The molecule has 0 radical (unpaired) electrons. The van der Waals surface area contributed by atoms with Crippen molar-refractivity contribution in [2.45, 2.75) is 13.3 Å². The second-order valence-electron chi connectivity index (χ2n) is 8.44. The molecule has 0 unspecified atom stereocenters. The minimum atomic E-state index is -0.474. The van der Waals surface area contributed by atoms with Gasteiger partial charge in [0.1, 0.15) is 11.4 Å². The average molecular weight is 480 g/mol. The fourth-order valence-corrected chi connectivity index (χ4v) is 4.04. The maximum Gasteiger partial charge on any atom is 0.273 e. The van der Waals surface area contributed by atoms with Crippen molar-refractivity contribution >= 4 is 22.7 Å². The van der Waals surface area contributed by atoms with E-state index in [-0.39, 0.29) is 12.3 Å². The van der Waals surface area contributed by atoms with Gasteiger partial charge >= 0.3 is 0 Å². The van der Waals surface area contributed by atoms with E-state index in [9.17, 15) is 9.59 Å². The number of hydrogen-bond donors (Lipinski definition) is 3. The average Bonchev–Trinajstić information content (AvgIpc) is 3.53. The minimum Gasteiger partial charge on any atom is -0.497 e. The number of ether oxygens (including phenoxy) is 1. The van der Waals surface area contributed by atoms with Gasteiger partial charge in [0.25, 0.3) is 5.91 Å². The molecule has 2 amide bonds. The Hall–Kier alpha value is -4.85. The maximum atomic E-state index is 13.2. The molecule has 0 fully saturated rings. The number of benzene rings is 3. The number of aromatic amines is 1. The maximum absolute atomic E-state index is 13.2. The molecule has 0 atom stereocenters. The topological polar surface area (TPSA) is 101 Å². The summed E-state index contributed by atoms with van der Waals surface area (Å²) in [5.74, 6) is -0.156. The molecule has 0 aliphatic carbocycles. The molecule has 0 saturated carbocycles. The van der Waals surface area contributed by atoms with Crippen LogP contribution in [0.1, 0.15) is 21.5 Å². The highest BCUT2D eigenvalue weighted by Gasteiger charge is 2.20. The van der Waals surface area contributed by atoms with E-state index in [0.29, 0.717) is 17.0 Å². The molecule has 0 bridgehead atoms. The van der Waals surface area contributed by atoms with E-state index in [0.717, 1.165) is 33.3 Å². The van der Waals surface area contributed by atoms with Gasteiger partial charge in [-0.2, -0.15) is 5.10 Å². The quantitative estimate of drug-likeness (QED) is 0.315. The lowest BCUT2D eigenvalue weighted by molar-refractivity contribution is -0.121. The fourth-order valence-electron chi connectivity index (χ4n) is 4.04. The van der Waals surface area contributed by atoms with E-state index in [2.05, 4.69) is 20.9 Å². The van der Waals surface area contributed by atoms with E-state index in [1.54, 1.807) is 24.2 Å². The monoisotopic (exact) mass is 479 g/mol. The number of carbonyl (C=O) groups excluding carboxylic acids is 2. The van der Waals surface area contributed by atoms with Crippen LogP contribution in [0.3, 0.4) is 0 Å². The number of aryl methyl sites for hydroxylation is 1. The summed E-state index contributed by atoms with van der Waals surface area (Å²) < 4.78 is 7.00. The summed E-state index contributed by atoms with van der Waals surface area (Å²) in [5, 5.41) is 5.65. The van der Waals surface area contributed by atoms with Gasteiger partial charge in [-0.1, -0.05) is 48.0 Å². The Morgan fingerprint density at radius 1 is 1.00 bits per heavy atom. The number of nitrogens with zero attached hydrogens (tertiary/aromatic N) is 2. The normalized spacial score (nSPS) is 10.8. The molecule has 0 spiro atoms. The predicted octanol–water partition coefficient (Wildman–Crippen LogP) is 4.34. The second-order valence-corrected chi connectivity index (χ2v) is 8.44. The van der Waals surface area contributed by atoms with Gasteiger partial charge in [0.2, 0.25) is 5.91 Å². The van der Waals surface area contributed by atoms with E-state index in [1.807, 2.05) is 79.7 Å². The number of hydrazine groups is 1. The summed E-state index contributed by atoms with van der Waals surface area (Å²) in [6.45, 7) is 2.01. The summed E-state index contributed by atoms with van der Waals surface area (Å²) in [7, 11) is 1.58. The molecule has 8 heteroatoms. The molecule has 180 valence electrons. The highest BCUT2D eigenvalue weighted by Crippen LogP contribution is 2.27. The fraction of sp³-hybridized carbons (Fsp3) is 0.107. The van der Waals surface area contributed by atoms with Gasteiger partial charge in [-0.05, 0) is 42.8 Å². The predicted molar refractivity (Wildman–Crippen MR) is 138 cm³/mol. The van der Waals surface area contributed by atoms with Crippen LogP contribution in [0.4, 0.5) is 0 Å². The number of carbonyl (C=O) groups is 2. The number of H-pyrrole nitrogens is 1. The van der Waals surface area contributed by atoms with Crippen molar-refractivity contribution < 1.29 is 14.3 Å². The number of aromatic nitrogens is 3. The summed E-state index contributed by atoms with van der Waals surface area (Å²) in [4.78, 5) is 29.0. The first-order valence-corrected chi connectivity index (χ1v) is 11.5. The minimum absolute atomic E-state index is 0.121. The van der Waals surface area contributed by atoms with Crippen molar-refractivity contribution in [3.05, 3.63) is 102 Å². The number of fused-ring (bicyclic) bond motifs is 1. The molecule has 2 heterocycles. The Morgan fingerprint density at radius 3 is 2.61 bits per heavy atom. The second kappa shape index (κ2) is 9.79. The van der Waals surface area contributed by atoms with E-state index in [4.69, 9.17) is 4.74 Å². The van der Waals surface area contributed by atoms with Crippen LogP contribution in [-0.2, 0) is 11.2 Å². The highest BCUT2D eigenvalue weighted by molar-refractivity contribution is 6.01.